The second kappa shape index (κ2) is 3.23. The number of nitrogens with zero attached hydrogens (tertiary/aromatic N) is 1. The molecule has 5 nitrogen and oxygen atoms in total. The summed E-state index contributed by atoms with van der Waals surface area (Å²) >= 11 is 0. The van der Waals surface area contributed by atoms with Gasteiger partial charge in [-0.05, 0) is 12.5 Å². The Morgan fingerprint density at radius 1 is 1.56 bits per heavy atom. The fraction of sp³-hybridized carbons (Fsp3) is 0.273. The van der Waals surface area contributed by atoms with E-state index in [1.54, 1.807) is 6.20 Å². The number of carboxylic acid groups (broad SMARTS) is 1. The van der Waals surface area contributed by atoms with Crippen LogP contribution >= 0.6 is 0 Å². The van der Waals surface area contributed by atoms with Gasteiger partial charge in [-0.1, -0.05) is 0 Å². The minimum absolute atomic E-state index is 0.0604. The maximum absolute atomic E-state index is 10.7. The van der Waals surface area contributed by atoms with Crippen LogP contribution in [0.15, 0.2) is 24.7 Å². The maximum atomic E-state index is 10.7. The lowest BCUT2D eigenvalue weighted by molar-refractivity contribution is -0.138. The van der Waals surface area contributed by atoms with Crippen molar-refractivity contribution in [2.45, 2.75) is 12.3 Å². The van der Waals surface area contributed by atoms with Gasteiger partial charge in [0.2, 0.25) is 0 Å². The van der Waals surface area contributed by atoms with E-state index in [4.69, 9.17) is 5.11 Å². The molecule has 5 heteroatoms. The average molecular weight is 217 g/mol. The number of nitrogens with one attached hydrogen (secondary N) is 2. The van der Waals surface area contributed by atoms with E-state index in [-0.39, 0.29) is 11.8 Å². The van der Waals surface area contributed by atoms with Crippen molar-refractivity contribution < 1.29 is 9.90 Å². The standard InChI is InChI=1S/C11H11N3O2/c15-11(16)8-3-7(8)10-13-5-9(14-10)6-1-2-12-4-6/h1-2,4-5,7-8,12H,3H2,(H,13,14)(H,15,16). The highest BCUT2D eigenvalue weighted by Crippen LogP contribution is 2.46. The van der Waals surface area contributed by atoms with Crippen LogP contribution in [-0.2, 0) is 4.79 Å². The number of aromatic amines is 2. The van der Waals surface area contributed by atoms with Crippen molar-refractivity contribution in [1.82, 2.24) is 15.0 Å². The molecule has 2 aromatic heterocycles. The quantitative estimate of drug-likeness (QED) is 0.730. The Hall–Kier alpha value is -2.04. The first-order chi connectivity index (χ1) is 7.75. The SMILES string of the molecule is O=C(O)C1CC1c1ncc(-c2cc[nH]c2)[nH]1. The van der Waals surface area contributed by atoms with Crippen LogP contribution in [-0.4, -0.2) is 26.0 Å². The lowest BCUT2D eigenvalue weighted by atomic mass is 10.3. The van der Waals surface area contributed by atoms with Gasteiger partial charge in [0.15, 0.2) is 0 Å². The van der Waals surface area contributed by atoms with E-state index < -0.39 is 5.97 Å². The Morgan fingerprint density at radius 2 is 2.44 bits per heavy atom. The predicted molar refractivity (Wildman–Crippen MR) is 56.9 cm³/mol. The van der Waals surface area contributed by atoms with E-state index >= 15 is 0 Å². The maximum Gasteiger partial charge on any atom is 0.307 e. The van der Waals surface area contributed by atoms with Crippen LogP contribution in [0.2, 0.25) is 0 Å². The fourth-order valence-electron chi connectivity index (χ4n) is 1.93. The molecule has 0 aromatic carbocycles. The molecule has 1 saturated carbocycles. The smallest absolute Gasteiger partial charge is 0.307 e. The molecule has 2 heterocycles. The van der Waals surface area contributed by atoms with E-state index in [1.807, 2.05) is 18.5 Å². The highest BCUT2D eigenvalue weighted by molar-refractivity contribution is 5.75. The zero-order chi connectivity index (χ0) is 11.1. The molecule has 16 heavy (non-hydrogen) atoms. The van der Waals surface area contributed by atoms with Crippen LogP contribution in [0.5, 0.6) is 0 Å². The molecule has 3 N–H and O–H groups in total. The van der Waals surface area contributed by atoms with E-state index in [0.717, 1.165) is 17.1 Å². The molecule has 3 rings (SSSR count). The lowest BCUT2D eigenvalue weighted by Crippen LogP contribution is -1.99. The van der Waals surface area contributed by atoms with E-state index in [2.05, 4.69) is 15.0 Å². The van der Waals surface area contributed by atoms with Gasteiger partial charge in [-0.25, -0.2) is 4.98 Å². The molecule has 1 aliphatic carbocycles. The Bertz CT molecular complexity index is 515. The van der Waals surface area contributed by atoms with Crippen LogP contribution in [0.25, 0.3) is 11.3 Å². The first kappa shape index (κ1) is 9.21. The number of hydrogen-bond donors (Lipinski definition) is 3. The third-order valence-electron chi connectivity index (χ3n) is 2.96. The number of hydrogen-bond acceptors (Lipinski definition) is 2. The Kier molecular flexibility index (Phi) is 1.86. The molecule has 2 unspecified atom stereocenters. The summed E-state index contributed by atoms with van der Waals surface area (Å²) in [6.45, 7) is 0. The van der Waals surface area contributed by atoms with E-state index in [1.165, 1.54) is 0 Å². The summed E-state index contributed by atoms with van der Waals surface area (Å²) in [6.07, 6.45) is 6.15. The molecular formula is C11H11N3O2. The van der Waals surface area contributed by atoms with Gasteiger partial charge in [-0.3, -0.25) is 4.79 Å². The normalized spacial score (nSPS) is 23.2. The van der Waals surface area contributed by atoms with Crippen molar-refractivity contribution in [3.63, 3.8) is 0 Å². The molecule has 0 saturated heterocycles. The number of aliphatic carboxylic acids is 1. The van der Waals surface area contributed by atoms with Crippen LogP contribution in [0.1, 0.15) is 18.2 Å². The fourth-order valence-corrected chi connectivity index (χ4v) is 1.93. The lowest BCUT2D eigenvalue weighted by Gasteiger charge is -1.92. The van der Waals surface area contributed by atoms with E-state index in [9.17, 15) is 4.79 Å². The average Bonchev–Trinajstić information content (AvgIpc) is 2.72. The van der Waals surface area contributed by atoms with Gasteiger partial charge in [0, 0.05) is 23.9 Å². The van der Waals surface area contributed by atoms with Crippen molar-refractivity contribution in [3.8, 4) is 11.3 Å². The number of imidazole rings is 1. The Morgan fingerprint density at radius 3 is 3.06 bits per heavy atom. The van der Waals surface area contributed by atoms with Gasteiger partial charge in [-0.15, -0.1) is 0 Å². The van der Waals surface area contributed by atoms with Gasteiger partial charge in [0.1, 0.15) is 5.82 Å². The monoisotopic (exact) mass is 217 g/mol. The third-order valence-corrected chi connectivity index (χ3v) is 2.96. The number of aromatic nitrogens is 3. The Labute approximate surface area is 91.5 Å². The molecule has 0 bridgehead atoms. The van der Waals surface area contributed by atoms with Crippen LogP contribution < -0.4 is 0 Å². The Balaban J connectivity index is 1.82. The molecular weight excluding hydrogens is 206 g/mol. The van der Waals surface area contributed by atoms with Gasteiger partial charge in [0.05, 0.1) is 17.8 Å². The third kappa shape index (κ3) is 1.41. The summed E-state index contributed by atoms with van der Waals surface area (Å²) in [5.41, 5.74) is 1.96. The van der Waals surface area contributed by atoms with Crippen molar-refractivity contribution >= 4 is 5.97 Å². The first-order valence-corrected chi connectivity index (χ1v) is 5.16. The van der Waals surface area contributed by atoms with Crippen LogP contribution in [0.3, 0.4) is 0 Å². The molecule has 0 amide bonds. The van der Waals surface area contributed by atoms with Crippen LogP contribution in [0, 0.1) is 5.92 Å². The first-order valence-electron chi connectivity index (χ1n) is 5.16. The van der Waals surface area contributed by atoms with Crippen molar-refractivity contribution in [2.75, 3.05) is 0 Å². The van der Waals surface area contributed by atoms with Gasteiger partial charge >= 0.3 is 5.97 Å². The van der Waals surface area contributed by atoms with Gasteiger partial charge < -0.3 is 15.1 Å². The minimum atomic E-state index is -0.732. The largest absolute Gasteiger partial charge is 0.481 e. The van der Waals surface area contributed by atoms with Gasteiger partial charge in [0.25, 0.3) is 0 Å². The number of rotatable bonds is 3. The van der Waals surface area contributed by atoms with E-state index in [0.29, 0.717) is 6.42 Å². The molecule has 0 radical (unpaired) electrons. The molecule has 1 fully saturated rings. The highest BCUT2D eigenvalue weighted by Gasteiger charge is 2.46. The number of carbonyl (C=O) groups is 1. The van der Waals surface area contributed by atoms with Gasteiger partial charge in [-0.2, -0.15) is 0 Å². The molecule has 2 atom stereocenters. The highest BCUT2D eigenvalue weighted by atomic mass is 16.4. The van der Waals surface area contributed by atoms with Crippen molar-refractivity contribution in [2.24, 2.45) is 5.92 Å². The molecule has 0 spiro atoms. The zero-order valence-electron chi connectivity index (χ0n) is 8.47. The van der Waals surface area contributed by atoms with Crippen molar-refractivity contribution in [1.29, 1.82) is 0 Å². The summed E-state index contributed by atoms with van der Waals surface area (Å²) in [7, 11) is 0. The molecule has 0 aliphatic heterocycles. The molecule has 1 aliphatic rings. The van der Waals surface area contributed by atoms with Crippen molar-refractivity contribution in [3.05, 3.63) is 30.5 Å². The number of carboxylic acids is 1. The summed E-state index contributed by atoms with van der Waals surface area (Å²) in [5, 5.41) is 8.83. The van der Waals surface area contributed by atoms with Crippen LogP contribution in [0.4, 0.5) is 0 Å². The number of H-pyrrole nitrogens is 2. The second-order valence-electron chi connectivity index (χ2n) is 4.07. The topological polar surface area (TPSA) is 81.8 Å². The molecule has 82 valence electrons. The summed E-state index contributed by atoms with van der Waals surface area (Å²) < 4.78 is 0. The summed E-state index contributed by atoms with van der Waals surface area (Å²) in [4.78, 5) is 21.1. The summed E-state index contributed by atoms with van der Waals surface area (Å²) in [5.74, 6) is -0.149. The zero-order valence-corrected chi connectivity index (χ0v) is 8.47. The predicted octanol–water partition coefficient (Wildman–Crippen LogP) is 1.59. The second-order valence-corrected chi connectivity index (χ2v) is 4.07. The minimum Gasteiger partial charge on any atom is -0.481 e. The summed E-state index contributed by atoms with van der Waals surface area (Å²) in [6, 6.07) is 1.94. The molecule has 2 aromatic rings.